The number of carbonyl (C=O) groups excluding carboxylic acids is 2. The Bertz CT molecular complexity index is 652. The number of aromatic nitrogens is 2. The molecule has 0 bridgehead atoms. The number of nitrogens with two attached hydrogens (primary N) is 1. The van der Waals surface area contributed by atoms with Crippen LogP contribution in [0.1, 0.15) is 37.4 Å². The van der Waals surface area contributed by atoms with Crippen LogP contribution >= 0.6 is 0 Å². The van der Waals surface area contributed by atoms with Gasteiger partial charge in [-0.15, -0.1) is 0 Å². The minimum atomic E-state index is -0.536. The summed E-state index contributed by atoms with van der Waals surface area (Å²) in [5.74, 6) is -1.60. The molecule has 0 spiro atoms. The van der Waals surface area contributed by atoms with Gasteiger partial charge in [0.05, 0.1) is 0 Å². The molecule has 2 N–H and O–H groups in total. The average molecular weight is 301 g/mol. The number of benzene rings is 1. The molecule has 0 aliphatic carbocycles. The number of hydrogen-bond donors (Lipinski definition) is 1. The summed E-state index contributed by atoms with van der Waals surface area (Å²) in [5.41, 5.74) is 6.14. The standard InChI is InChI=1S/C16H19N3O3/c1-3-11(12(4-2)14(17)21)13(20)16-18-15(19-22-16)10-8-6-5-7-9-10/h5-9,11-12H,3-4H2,1-2H3,(H2,17,21)/t11-,12?/m0/s1. The Kier molecular flexibility index (Phi) is 5.04. The lowest BCUT2D eigenvalue weighted by Gasteiger charge is -2.19. The molecule has 1 heterocycles. The largest absolute Gasteiger partial charge is 0.369 e. The number of carbonyl (C=O) groups is 2. The number of rotatable bonds is 7. The highest BCUT2D eigenvalue weighted by atomic mass is 16.5. The average Bonchev–Trinajstić information content (AvgIpc) is 3.02. The molecule has 0 aliphatic heterocycles. The third-order valence-corrected chi connectivity index (χ3v) is 3.74. The van der Waals surface area contributed by atoms with Gasteiger partial charge in [0.15, 0.2) is 0 Å². The first-order valence-corrected chi connectivity index (χ1v) is 7.31. The molecule has 0 aliphatic rings. The van der Waals surface area contributed by atoms with Crippen molar-refractivity contribution in [1.29, 1.82) is 0 Å². The zero-order valence-corrected chi connectivity index (χ0v) is 12.7. The van der Waals surface area contributed by atoms with Crippen LogP contribution in [-0.4, -0.2) is 21.8 Å². The van der Waals surface area contributed by atoms with Crippen molar-refractivity contribution in [3.05, 3.63) is 36.2 Å². The molecule has 0 saturated heterocycles. The SMILES string of the molecule is CCC(C(N)=O)[C@H](CC)C(=O)c1nc(-c2ccccc2)no1. The van der Waals surface area contributed by atoms with Crippen molar-refractivity contribution in [3.63, 3.8) is 0 Å². The van der Waals surface area contributed by atoms with E-state index in [1.54, 1.807) is 0 Å². The molecule has 2 aromatic rings. The summed E-state index contributed by atoms with van der Waals surface area (Å²) in [5, 5.41) is 3.83. The summed E-state index contributed by atoms with van der Waals surface area (Å²) in [7, 11) is 0. The molecule has 1 aromatic heterocycles. The van der Waals surface area contributed by atoms with Gasteiger partial charge in [-0.05, 0) is 12.8 Å². The molecular weight excluding hydrogens is 282 g/mol. The van der Waals surface area contributed by atoms with Crippen molar-refractivity contribution in [3.8, 4) is 11.4 Å². The Morgan fingerprint density at radius 1 is 1.14 bits per heavy atom. The van der Waals surface area contributed by atoms with Gasteiger partial charge in [0.2, 0.25) is 17.5 Å². The molecule has 0 radical (unpaired) electrons. The van der Waals surface area contributed by atoms with Crippen molar-refractivity contribution in [2.75, 3.05) is 0 Å². The Labute approximate surface area is 128 Å². The first-order chi connectivity index (χ1) is 10.6. The highest BCUT2D eigenvalue weighted by molar-refractivity contribution is 5.97. The molecule has 2 rings (SSSR count). The Morgan fingerprint density at radius 2 is 1.77 bits per heavy atom. The first kappa shape index (κ1) is 15.9. The number of nitrogens with zero attached hydrogens (tertiary/aromatic N) is 2. The lowest BCUT2D eigenvalue weighted by molar-refractivity contribution is -0.123. The molecule has 0 saturated carbocycles. The monoisotopic (exact) mass is 301 g/mol. The van der Waals surface area contributed by atoms with Crippen molar-refractivity contribution in [2.45, 2.75) is 26.7 Å². The summed E-state index contributed by atoms with van der Waals surface area (Å²) in [6.07, 6.45) is 0.989. The Balaban J connectivity index is 2.26. The van der Waals surface area contributed by atoms with Gasteiger partial charge >= 0.3 is 0 Å². The van der Waals surface area contributed by atoms with E-state index >= 15 is 0 Å². The Morgan fingerprint density at radius 3 is 2.32 bits per heavy atom. The van der Waals surface area contributed by atoms with E-state index in [0.29, 0.717) is 18.7 Å². The number of Topliss-reactive ketones (excluding diaryl/α,β-unsaturated/α-hetero) is 1. The van der Waals surface area contributed by atoms with E-state index in [-0.39, 0.29) is 11.7 Å². The molecule has 6 nitrogen and oxygen atoms in total. The van der Waals surface area contributed by atoms with E-state index in [1.165, 1.54) is 0 Å². The predicted molar refractivity (Wildman–Crippen MR) is 80.8 cm³/mol. The van der Waals surface area contributed by atoms with E-state index in [4.69, 9.17) is 10.3 Å². The first-order valence-electron chi connectivity index (χ1n) is 7.31. The number of hydrogen-bond acceptors (Lipinski definition) is 5. The van der Waals surface area contributed by atoms with E-state index in [0.717, 1.165) is 5.56 Å². The van der Waals surface area contributed by atoms with Gasteiger partial charge in [0, 0.05) is 17.4 Å². The van der Waals surface area contributed by atoms with E-state index in [9.17, 15) is 9.59 Å². The summed E-state index contributed by atoms with van der Waals surface area (Å²) < 4.78 is 5.08. The fourth-order valence-corrected chi connectivity index (χ4v) is 2.52. The molecule has 1 amide bonds. The zero-order chi connectivity index (χ0) is 16.1. The second-order valence-electron chi connectivity index (χ2n) is 5.09. The highest BCUT2D eigenvalue weighted by Crippen LogP contribution is 2.24. The number of ketones is 1. The van der Waals surface area contributed by atoms with E-state index < -0.39 is 17.7 Å². The maximum atomic E-state index is 12.5. The second kappa shape index (κ2) is 6.98. The van der Waals surface area contributed by atoms with Crippen LogP contribution in [0.15, 0.2) is 34.9 Å². The van der Waals surface area contributed by atoms with Crippen molar-refractivity contribution >= 4 is 11.7 Å². The van der Waals surface area contributed by atoms with Crippen LogP contribution < -0.4 is 5.73 Å². The van der Waals surface area contributed by atoms with E-state index in [2.05, 4.69) is 10.1 Å². The van der Waals surface area contributed by atoms with Gasteiger partial charge in [-0.3, -0.25) is 9.59 Å². The third kappa shape index (κ3) is 3.21. The minimum Gasteiger partial charge on any atom is -0.369 e. The van der Waals surface area contributed by atoms with Gasteiger partial charge in [-0.1, -0.05) is 49.3 Å². The fourth-order valence-electron chi connectivity index (χ4n) is 2.52. The maximum Gasteiger partial charge on any atom is 0.294 e. The molecule has 2 atom stereocenters. The second-order valence-corrected chi connectivity index (χ2v) is 5.09. The van der Waals surface area contributed by atoms with Gasteiger partial charge in [0.1, 0.15) is 0 Å². The maximum absolute atomic E-state index is 12.5. The molecule has 6 heteroatoms. The quantitative estimate of drug-likeness (QED) is 0.792. The van der Waals surface area contributed by atoms with Gasteiger partial charge in [0.25, 0.3) is 5.89 Å². The minimum absolute atomic E-state index is 0.0783. The van der Waals surface area contributed by atoms with E-state index in [1.807, 2.05) is 44.2 Å². The van der Waals surface area contributed by atoms with Crippen molar-refractivity contribution < 1.29 is 14.1 Å². The van der Waals surface area contributed by atoms with Crippen LogP contribution in [0.2, 0.25) is 0 Å². The molecular formula is C16H19N3O3. The van der Waals surface area contributed by atoms with Crippen LogP contribution in [0.25, 0.3) is 11.4 Å². The number of primary amides is 1. The lowest BCUT2D eigenvalue weighted by atomic mass is 9.84. The summed E-state index contributed by atoms with van der Waals surface area (Å²) in [4.78, 5) is 28.2. The van der Waals surface area contributed by atoms with Crippen molar-refractivity contribution in [1.82, 2.24) is 10.1 Å². The van der Waals surface area contributed by atoms with Gasteiger partial charge < -0.3 is 10.3 Å². The lowest BCUT2D eigenvalue weighted by Crippen LogP contribution is -2.34. The van der Waals surface area contributed by atoms with Crippen LogP contribution in [0.4, 0.5) is 0 Å². The molecule has 0 fully saturated rings. The summed E-state index contributed by atoms with van der Waals surface area (Å²) in [6, 6.07) is 9.23. The van der Waals surface area contributed by atoms with Gasteiger partial charge in [-0.25, -0.2) is 0 Å². The molecule has 116 valence electrons. The highest BCUT2D eigenvalue weighted by Gasteiger charge is 2.33. The third-order valence-electron chi connectivity index (χ3n) is 3.74. The predicted octanol–water partition coefficient (Wildman–Crippen LogP) is 2.46. The Hall–Kier alpha value is -2.50. The van der Waals surface area contributed by atoms with Crippen LogP contribution in [0, 0.1) is 11.8 Å². The topological polar surface area (TPSA) is 99.1 Å². The molecule has 1 aromatic carbocycles. The van der Waals surface area contributed by atoms with Gasteiger partial charge in [-0.2, -0.15) is 4.98 Å². The summed E-state index contributed by atoms with van der Waals surface area (Å²) >= 11 is 0. The summed E-state index contributed by atoms with van der Waals surface area (Å²) in [6.45, 7) is 3.66. The smallest absolute Gasteiger partial charge is 0.294 e. The zero-order valence-electron chi connectivity index (χ0n) is 12.7. The van der Waals surface area contributed by atoms with Crippen LogP contribution in [0.5, 0.6) is 0 Å². The fraction of sp³-hybridized carbons (Fsp3) is 0.375. The normalized spacial score (nSPS) is 13.5. The molecule has 22 heavy (non-hydrogen) atoms. The number of amides is 1. The van der Waals surface area contributed by atoms with Crippen LogP contribution in [0.3, 0.4) is 0 Å². The van der Waals surface area contributed by atoms with Crippen molar-refractivity contribution in [2.24, 2.45) is 17.6 Å². The molecule has 1 unspecified atom stereocenters. The van der Waals surface area contributed by atoms with Crippen LogP contribution in [-0.2, 0) is 4.79 Å².